The predicted molar refractivity (Wildman–Crippen MR) is 69.7 cm³/mol. The van der Waals surface area contributed by atoms with Gasteiger partial charge >= 0.3 is 0 Å². The zero-order valence-corrected chi connectivity index (χ0v) is 11.2. The van der Waals surface area contributed by atoms with Gasteiger partial charge in [0.1, 0.15) is 0 Å². The first-order valence-corrected chi connectivity index (χ1v) is 5.72. The first-order chi connectivity index (χ1) is 7.75. The molecule has 0 spiro atoms. The number of rotatable bonds is 2. The van der Waals surface area contributed by atoms with E-state index < -0.39 is 0 Å². The van der Waals surface area contributed by atoms with Gasteiger partial charge in [0.2, 0.25) is 0 Å². The average molecular weight is 235 g/mol. The highest BCUT2D eigenvalue weighted by atomic mass is 16.2. The van der Waals surface area contributed by atoms with Crippen LogP contribution in [0.25, 0.3) is 0 Å². The van der Waals surface area contributed by atoms with Crippen molar-refractivity contribution in [1.82, 2.24) is 9.88 Å². The smallest absolute Gasteiger partial charge is 0.274 e. The molecule has 0 aliphatic carbocycles. The molecule has 1 rings (SSSR count). The Labute approximate surface area is 103 Å². The molecular weight excluding hydrogens is 214 g/mol. The lowest BCUT2D eigenvalue weighted by molar-refractivity contribution is 0.0624. The lowest BCUT2D eigenvalue weighted by atomic mass is 9.87. The van der Waals surface area contributed by atoms with Crippen molar-refractivity contribution in [2.45, 2.75) is 33.7 Å². The number of anilines is 1. The van der Waals surface area contributed by atoms with E-state index in [1.54, 1.807) is 30.3 Å². The maximum Gasteiger partial charge on any atom is 0.274 e. The minimum Gasteiger partial charge on any atom is -0.397 e. The van der Waals surface area contributed by atoms with Gasteiger partial charge in [-0.15, -0.1) is 0 Å². The van der Waals surface area contributed by atoms with Crippen molar-refractivity contribution in [3.8, 4) is 0 Å². The monoisotopic (exact) mass is 235 g/mol. The Balaban J connectivity index is 2.95. The molecule has 0 aromatic carbocycles. The van der Waals surface area contributed by atoms with Crippen LogP contribution in [0.5, 0.6) is 0 Å². The molecule has 1 aromatic heterocycles. The molecule has 4 heteroatoms. The Bertz CT molecular complexity index is 409. The fourth-order valence-corrected chi connectivity index (χ4v) is 1.52. The molecule has 0 saturated heterocycles. The van der Waals surface area contributed by atoms with Gasteiger partial charge in [-0.25, -0.2) is 4.98 Å². The van der Waals surface area contributed by atoms with E-state index in [4.69, 9.17) is 5.73 Å². The molecule has 0 bridgehead atoms. The maximum atomic E-state index is 12.2. The molecule has 0 aliphatic heterocycles. The van der Waals surface area contributed by atoms with Crippen molar-refractivity contribution in [1.29, 1.82) is 0 Å². The molecule has 1 atom stereocenters. The summed E-state index contributed by atoms with van der Waals surface area (Å²) in [6.07, 6.45) is 1.58. The van der Waals surface area contributed by atoms with Crippen LogP contribution < -0.4 is 5.73 Å². The van der Waals surface area contributed by atoms with Gasteiger partial charge in [0.15, 0.2) is 5.69 Å². The molecule has 2 N–H and O–H groups in total. The highest BCUT2D eigenvalue weighted by Crippen LogP contribution is 2.24. The molecule has 0 saturated carbocycles. The maximum absolute atomic E-state index is 12.2. The molecule has 1 heterocycles. The summed E-state index contributed by atoms with van der Waals surface area (Å²) in [5.41, 5.74) is 6.53. The zero-order chi connectivity index (χ0) is 13.2. The largest absolute Gasteiger partial charge is 0.397 e. The number of nitrogen functional groups attached to an aromatic ring is 1. The quantitative estimate of drug-likeness (QED) is 0.854. The molecule has 0 aliphatic rings. The first-order valence-electron chi connectivity index (χ1n) is 5.72. The van der Waals surface area contributed by atoms with Gasteiger partial charge in [0, 0.05) is 19.3 Å². The third-order valence-corrected chi connectivity index (χ3v) is 3.20. The number of hydrogen-bond donors (Lipinski definition) is 1. The SMILES string of the molecule is CC(N(C)C(=O)c1ncccc1N)C(C)(C)C. The van der Waals surface area contributed by atoms with Crippen molar-refractivity contribution >= 4 is 11.6 Å². The second-order valence-corrected chi connectivity index (χ2v) is 5.40. The molecular formula is C13H21N3O. The molecule has 0 radical (unpaired) electrons. The van der Waals surface area contributed by atoms with Gasteiger partial charge in [0.25, 0.3) is 5.91 Å². The summed E-state index contributed by atoms with van der Waals surface area (Å²) in [6.45, 7) is 8.33. The highest BCUT2D eigenvalue weighted by Gasteiger charge is 2.28. The number of nitrogens with two attached hydrogens (primary N) is 1. The number of aromatic nitrogens is 1. The summed E-state index contributed by atoms with van der Waals surface area (Å²) in [6, 6.07) is 3.52. The van der Waals surface area contributed by atoms with Gasteiger partial charge in [-0.1, -0.05) is 20.8 Å². The van der Waals surface area contributed by atoms with E-state index in [9.17, 15) is 4.79 Å². The molecule has 0 fully saturated rings. The van der Waals surface area contributed by atoms with E-state index in [1.807, 2.05) is 6.92 Å². The summed E-state index contributed by atoms with van der Waals surface area (Å²) >= 11 is 0. The van der Waals surface area contributed by atoms with Crippen LogP contribution in [-0.2, 0) is 0 Å². The summed E-state index contributed by atoms with van der Waals surface area (Å²) in [5.74, 6) is -0.134. The van der Waals surface area contributed by atoms with Crippen molar-refractivity contribution in [2.75, 3.05) is 12.8 Å². The van der Waals surface area contributed by atoms with Crippen LogP contribution in [-0.4, -0.2) is 28.9 Å². The van der Waals surface area contributed by atoms with Gasteiger partial charge in [-0.05, 0) is 24.5 Å². The topological polar surface area (TPSA) is 59.2 Å². The number of amides is 1. The second kappa shape index (κ2) is 4.73. The van der Waals surface area contributed by atoms with Crippen LogP contribution in [0.1, 0.15) is 38.2 Å². The van der Waals surface area contributed by atoms with Crippen LogP contribution in [0.15, 0.2) is 18.3 Å². The molecule has 4 nitrogen and oxygen atoms in total. The Hall–Kier alpha value is -1.58. The van der Waals surface area contributed by atoms with Gasteiger partial charge < -0.3 is 10.6 Å². The average Bonchev–Trinajstić information content (AvgIpc) is 2.25. The first kappa shape index (κ1) is 13.5. The Morgan fingerprint density at radius 1 is 1.47 bits per heavy atom. The normalized spacial score (nSPS) is 13.2. The lowest BCUT2D eigenvalue weighted by Crippen LogP contribution is -2.43. The highest BCUT2D eigenvalue weighted by molar-refractivity contribution is 5.97. The van der Waals surface area contributed by atoms with Gasteiger partial charge in [0.05, 0.1) is 5.69 Å². The van der Waals surface area contributed by atoms with Crippen molar-refractivity contribution in [3.63, 3.8) is 0 Å². The number of carbonyl (C=O) groups excluding carboxylic acids is 1. The molecule has 17 heavy (non-hydrogen) atoms. The van der Waals surface area contributed by atoms with E-state index in [1.165, 1.54) is 0 Å². The second-order valence-electron chi connectivity index (χ2n) is 5.40. The van der Waals surface area contributed by atoms with Crippen LogP contribution in [0.3, 0.4) is 0 Å². The van der Waals surface area contributed by atoms with Crippen LogP contribution >= 0.6 is 0 Å². The van der Waals surface area contributed by atoms with Crippen LogP contribution in [0.2, 0.25) is 0 Å². The standard InChI is InChI=1S/C13H21N3O/c1-9(13(2,3)4)16(5)12(17)11-10(14)7-6-8-15-11/h6-9H,14H2,1-5H3. The minimum absolute atomic E-state index is 0.0218. The van der Waals surface area contributed by atoms with Gasteiger partial charge in [-0.3, -0.25) is 4.79 Å². The molecule has 1 amide bonds. The molecule has 1 unspecified atom stereocenters. The number of carbonyl (C=O) groups is 1. The van der Waals surface area contributed by atoms with E-state index in [0.29, 0.717) is 11.4 Å². The van der Waals surface area contributed by atoms with E-state index >= 15 is 0 Å². The third-order valence-electron chi connectivity index (χ3n) is 3.20. The van der Waals surface area contributed by atoms with Crippen LogP contribution in [0, 0.1) is 5.41 Å². The predicted octanol–water partition coefficient (Wildman–Crippen LogP) is 2.17. The van der Waals surface area contributed by atoms with E-state index in [0.717, 1.165) is 0 Å². The summed E-state index contributed by atoms with van der Waals surface area (Å²) < 4.78 is 0. The Morgan fingerprint density at radius 2 is 2.06 bits per heavy atom. The fourth-order valence-electron chi connectivity index (χ4n) is 1.52. The fraction of sp³-hybridized carbons (Fsp3) is 0.538. The minimum atomic E-state index is -0.134. The third kappa shape index (κ3) is 2.96. The zero-order valence-electron chi connectivity index (χ0n) is 11.2. The lowest BCUT2D eigenvalue weighted by Gasteiger charge is -2.35. The summed E-state index contributed by atoms with van der Waals surface area (Å²) in [5, 5.41) is 0. The number of hydrogen-bond acceptors (Lipinski definition) is 3. The Morgan fingerprint density at radius 3 is 2.53 bits per heavy atom. The molecule has 1 aromatic rings. The van der Waals surface area contributed by atoms with Gasteiger partial charge in [-0.2, -0.15) is 0 Å². The van der Waals surface area contributed by atoms with E-state index in [2.05, 4.69) is 25.8 Å². The van der Waals surface area contributed by atoms with Crippen LogP contribution in [0.4, 0.5) is 5.69 Å². The Kier molecular flexibility index (Phi) is 3.76. The molecule has 94 valence electrons. The number of pyridine rings is 1. The summed E-state index contributed by atoms with van der Waals surface area (Å²) in [4.78, 5) is 18.0. The van der Waals surface area contributed by atoms with Crippen molar-refractivity contribution in [3.05, 3.63) is 24.0 Å². The summed E-state index contributed by atoms with van der Waals surface area (Å²) in [7, 11) is 1.78. The van der Waals surface area contributed by atoms with Crippen molar-refractivity contribution < 1.29 is 4.79 Å². The van der Waals surface area contributed by atoms with E-state index in [-0.39, 0.29) is 17.4 Å². The van der Waals surface area contributed by atoms with Crippen molar-refractivity contribution in [2.24, 2.45) is 5.41 Å². The number of nitrogens with zero attached hydrogens (tertiary/aromatic N) is 2.